The summed E-state index contributed by atoms with van der Waals surface area (Å²) in [5.41, 5.74) is -0.408. The zero-order valence-corrected chi connectivity index (χ0v) is 19.7. The first-order valence-electron chi connectivity index (χ1n) is 11.2. The van der Waals surface area contributed by atoms with Crippen LogP contribution in [0.2, 0.25) is 0 Å². The van der Waals surface area contributed by atoms with E-state index in [1.807, 2.05) is 27.7 Å². The molecule has 0 radical (unpaired) electrons. The van der Waals surface area contributed by atoms with Crippen molar-refractivity contribution in [1.82, 2.24) is 15.5 Å². The molecule has 0 aromatic carbocycles. The molecular weight excluding hydrogens is 402 g/mol. The number of aliphatic hydroxyl groups is 1. The fourth-order valence-corrected chi connectivity index (χ4v) is 7.91. The Morgan fingerprint density at radius 3 is 2.53 bits per heavy atom. The molecule has 3 amide bonds. The molecule has 0 aromatic rings. The lowest BCUT2D eigenvalue weighted by Crippen LogP contribution is -2.57. The van der Waals surface area contributed by atoms with Gasteiger partial charge in [0.2, 0.25) is 17.7 Å². The summed E-state index contributed by atoms with van der Waals surface area (Å²) < 4.78 is -0.885. The highest BCUT2D eigenvalue weighted by Gasteiger charge is 2.77. The number of carbonyl (C=O) groups excluding carboxylic acids is 3. The van der Waals surface area contributed by atoms with E-state index < -0.39 is 28.2 Å². The van der Waals surface area contributed by atoms with Gasteiger partial charge in [-0.3, -0.25) is 14.4 Å². The molecule has 8 heteroatoms. The van der Waals surface area contributed by atoms with Gasteiger partial charge < -0.3 is 20.6 Å². The summed E-state index contributed by atoms with van der Waals surface area (Å²) in [7, 11) is 0. The van der Waals surface area contributed by atoms with Gasteiger partial charge in [-0.1, -0.05) is 6.92 Å². The third kappa shape index (κ3) is 3.85. The van der Waals surface area contributed by atoms with Crippen molar-refractivity contribution in [2.45, 2.75) is 87.8 Å². The van der Waals surface area contributed by atoms with Crippen molar-refractivity contribution in [2.24, 2.45) is 11.8 Å². The number of hydrogen-bond acceptors (Lipinski definition) is 5. The molecule has 3 rings (SSSR count). The molecule has 3 aliphatic heterocycles. The van der Waals surface area contributed by atoms with Gasteiger partial charge in [-0.15, -0.1) is 11.8 Å². The second-order valence-corrected chi connectivity index (χ2v) is 12.1. The first-order chi connectivity index (χ1) is 14.0. The number of nitrogens with one attached hydrogen (secondary N) is 2. The molecule has 0 aliphatic carbocycles. The predicted molar refractivity (Wildman–Crippen MR) is 118 cm³/mol. The van der Waals surface area contributed by atoms with E-state index in [1.165, 1.54) is 0 Å². The zero-order valence-electron chi connectivity index (χ0n) is 18.9. The normalized spacial score (nSPS) is 34.9. The smallest absolute Gasteiger partial charge is 0.244 e. The van der Waals surface area contributed by atoms with Crippen LogP contribution in [0.3, 0.4) is 0 Å². The summed E-state index contributed by atoms with van der Waals surface area (Å²) in [6.45, 7) is 11.0. The van der Waals surface area contributed by atoms with Crippen molar-refractivity contribution >= 4 is 29.5 Å². The number of aliphatic hydroxyl groups excluding tert-OH is 1. The predicted octanol–water partition coefficient (Wildman–Crippen LogP) is 1.68. The van der Waals surface area contributed by atoms with Crippen molar-refractivity contribution in [3.05, 3.63) is 0 Å². The van der Waals surface area contributed by atoms with E-state index in [-0.39, 0.29) is 29.1 Å². The number of carbonyl (C=O) groups is 3. The van der Waals surface area contributed by atoms with E-state index in [9.17, 15) is 19.5 Å². The fraction of sp³-hybridized carbons (Fsp3) is 0.864. The minimum Gasteiger partial charge on any atom is -0.396 e. The minimum atomic E-state index is -0.580. The molecule has 3 aliphatic rings. The molecule has 2 unspecified atom stereocenters. The molecule has 7 nitrogen and oxygen atoms in total. The standard InChI is InChI=1S/C22H37N3O4S/c1-6-11-23-17(27)14-15-19(29)25(12-7-8-13-26)16(18(28)24-20(2,3)4)22(15)10-9-21(14,5)30-22/h14-16,26H,6-13H2,1-5H3,(H,23,27)(H,24,28)/t14-,15-,16?,21+,22?/m0/s1. The average molecular weight is 440 g/mol. The third-order valence-electron chi connectivity index (χ3n) is 6.66. The van der Waals surface area contributed by atoms with Crippen molar-refractivity contribution in [3.63, 3.8) is 0 Å². The van der Waals surface area contributed by atoms with Crippen LogP contribution in [0.4, 0.5) is 0 Å². The van der Waals surface area contributed by atoms with Crippen LogP contribution in [0, 0.1) is 11.8 Å². The summed E-state index contributed by atoms with van der Waals surface area (Å²) in [6.07, 6.45) is 3.66. The zero-order chi connectivity index (χ0) is 22.3. The van der Waals surface area contributed by atoms with Gasteiger partial charge in [-0.05, 0) is 59.8 Å². The lowest BCUT2D eigenvalue weighted by Gasteiger charge is -2.36. The molecule has 3 fully saturated rings. The van der Waals surface area contributed by atoms with Gasteiger partial charge in [-0.25, -0.2) is 0 Å². The Morgan fingerprint density at radius 2 is 1.93 bits per heavy atom. The van der Waals surface area contributed by atoms with E-state index in [4.69, 9.17) is 0 Å². The number of thioether (sulfide) groups is 1. The van der Waals surface area contributed by atoms with Crippen LogP contribution in [0.25, 0.3) is 0 Å². The summed E-state index contributed by atoms with van der Waals surface area (Å²) in [4.78, 5) is 42.0. The third-order valence-corrected chi connectivity index (χ3v) is 8.65. The molecule has 170 valence electrons. The number of hydrogen-bond donors (Lipinski definition) is 3. The maximum atomic E-state index is 13.7. The molecule has 0 aromatic heterocycles. The van der Waals surface area contributed by atoms with Crippen molar-refractivity contribution in [2.75, 3.05) is 19.7 Å². The van der Waals surface area contributed by atoms with E-state index >= 15 is 0 Å². The topological polar surface area (TPSA) is 98.7 Å². The van der Waals surface area contributed by atoms with Crippen LogP contribution < -0.4 is 10.6 Å². The largest absolute Gasteiger partial charge is 0.396 e. The Kier molecular flexibility index (Phi) is 6.50. The van der Waals surface area contributed by atoms with E-state index in [0.717, 1.165) is 19.3 Å². The molecule has 3 heterocycles. The summed E-state index contributed by atoms with van der Waals surface area (Å²) >= 11 is 1.70. The lowest BCUT2D eigenvalue weighted by atomic mass is 9.66. The molecule has 30 heavy (non-hydrogen) atoms. The van der Waals surface area contributed by atoms with Crippen LogP contribution in [0.5, 0.6) is 0 Å². The Hall–Kier alpha value is -1.28. The van der Waals surface area contributed by atoms with Crippen molar-refractivity contribution < 1.29 is 19.5 Å². The van der Waals surface area contributed by atoms with Crippen molar-refractivity contribution in [1.29, 1.82) is 0 Å². The highest BCUT2D eigenvalue weighted by Crippen LogP contribution is 2.71. The molecule has 2 bridgehead atoms. The quantitative estimate of drug-likeness (QED) is 0.500. The van der Waals surface area contributed by atoms with Crippen molar-refractivity contribution in [3.8, 4) is 0 Å². The van der Waals surface area contributed by atoms with Gasteiger partial charge in [0.15, 0.2) is 0 Å². The van der Waals surface area contributed by atoms with Gasteiger partial charge in [0.1, 0.15) is 6.04 Å². The highest BCUT2D eigenvalue weighted by molar-refractivity contribution is 8.02. The van der Waals surface area contributed by atoms with Gasteiger partial charge in [-0.2, -0.15) is 0 Å². The first-order valence-corrected chi connectivity index (χ1v) is 12.0. The van der Waals surface area contributed by atoms with Crippen LogP contribution in [-0.2, 0) is 14.4 Å². The van der Waals surface area contributed by atoms with E-state index in [1.54, 1.807) is 16.7 Å². The summed E-state index contributed by atoms with van der Waals surface area (Å²) in [5, 5.41) is 15.3. The first kappa shape index (κ1) is 23.4. The fourth-order valence-electron chi connectivity index (χ4n) is 5.56. The minimum absolute atomic E-state index is 0.0565. The number of nitrogens with zero attached hydrogens (tertiary/aromatic N) is 1. The molecular formula is C22H37N3O4S. The van der Waals surface area contributed by atoms with E-state index in [0.29, 0.717) is 25.9 Å². The van der Waals surface area contributed by atoms with Crippen LogP contribution in [0.1, 0.15) is 66.7 Å². The highest BCUT2D eigenvalue weighted by atomic mass is 32.2. The lowest BCUT2D eigenvalue weighted by molar-refractivity contribution is -0.141. The molecule has 3 saturated heterocycles. The second kappa shape index (κ2) is 8.34. The number of amides is 3. The average Bonchev–Trinajstić information content (AvgIpc) is 3.20. The van der Waals surface area contributed by atoms with Crippen LogP contribution >= 0.6 is 11.8 Å². The Labute approximate surface area is 184 Å². The second-order valence-electron chi connectivity index (χ2n) is 10.2. The van der Waals surface area contributed by atoms with Crippen LogP contribution in [0.15, 0.2) is 0 Å². The molecule has 0 saturated carbocycles. The molecule has 1 spiro atoms. The number of rotatable bonds is 8. The number of unbranched alkanes of at least 4 members (excludes halogenated alkanes) is 1. The van der Waals surface area contributed by atoms with Gasteiger partial charge in [0, 0.05) is 30.0 Å². The Balaban J connectivity index is 1.98. The van der Waals surface area contributed by atoms with Crippen LogP contribution in [-0.4, -0.2) is 68.5 Å². The summed E-state index contributed by atoms with van der Waals surface area (Å²) in [5.74, 6) is -1.15. The number of likely N-dealkylation sites (tertiary alicyclic amines) is 1. The maximum Gasteiger partial charge on any atom is 0.244 e. The molecule has 3 N–H and O–H groups in total. The summed E-state index contributed by atoms with van der Waals surface area (Å²) in [6, 6.07) is -0.580. The van der Waals surface area contributed by atoms with Gasteiger partial charge in [0.05, 0.1) is 16.6 Å². The van der Waals surface area contributed by atoms with E-state index in [2.05, 4.69) is 17.6 Å². The molecule has 5 atom stereocenters. The SMILES string of the molecule is CCCNC(=O)[C@@H]1[C@H]2C(=O)N(CCCCO)C(C(=O)NC(C)(C)C)C23CC[C@@]1(C)S3. The maximum absolute atomic E-state index is 13.7. The number of fused-ring (bicyclic) bond motifs is 1. The monoisotopic (exact) mass is 439 g/mol. The van der Waals surface area contributed by atoms with Gasteiger partial charge >= 0.3 is 0 Å². The van der Waals surface area contributed by atoms with Gasteiger partial charge in [0.25, 0.3) is 0 Å². The Bertz CT molecular complexity index is 709. The Morgan fingerprint density at radius 1 is 1.23 bits per heavy atom.